The summed E-state index contributed by atoms with van der Waals surface area (Å²) in [5, 5.41) is 12.4. The Bertz CT molecular complexity index is 1240. The highest BCUT2D eigenvalue weighted by atomic mass is 19.1. The summed E-state index contributed by atoms with van der Waals surface area (Å²) >= 11 is 0. The van der Waals surface area contributed by atoms with E-state index in [-0.39, 0.29) is 17.2 Å². The van der Waals surface area contributed by atoms with Gasteiger partial charge in [0.25, 0.3) is 5.56 Å². The summed E-state index contributed by atoms with van der Waals surface area (Å²) in [7, 11) is 0. The third-order valence-corrected chi connectivity index (χ3v) is 5.42. The number of nitrogens with zero attached hydrogens (tertiary/aromatic N) is 3. The number of aromatic amines is 1. The maximum absolute atomic E-state index is 13.7. The van der Waals surface area contributed by atoms with Gasteiger partial charge in [-0.25, -0.2) is 14.4 Å². The number of hydrogen-bond acceptors (Lipinski definition) is 5. The molecule has 1 atom stereocenters. The van der Waals surface area contributed by atoms with Crippen LogP contribution in [0.1, 0.15) is 48.5 Å². The number of rotatable bonds is 4. The first-order chi connectivity index (χ1) is 13.9. The van der Waals surface area contributed by atoms with Gasteiger partial charge in [-0.3, -0.25) is 9.59 Å². The molecule has 1 aliphatic rings. The van der Waals surface area contributed by atoms with E-state index < -0.39 is 17.3 Å². The molecule has 2 aromatic heterocycles. The number of aryl methyl sites for hydroxylation is 1. The van der Waals surface area contributed by atoms with E-state index in [9.17, 15) is 14.0 Å². The Kier molecular flexibility index (Phi) is 4.38. The van der Waals surface area contributed by atoms with Crippen LogP contribution in [0.5, 0.6) is 0 Å². The van der Waals surface area contributed by atoms with Crippen molar-refractivity contribution in [3.8, 4) is 6.07 Å². The van der Waals surface area contributed by atoms with Gasteiger partial charge in [-0.1, -0.05) is 0 Å². The van der Waals surface area contributed by atoms with Crippen LogP contribution >= 0.6 is 0 Å². The molecule has 1 amide bonds. The summed E-state index contributed by atoms with van der Waals surface area (Å²) in [6.07, 6.45) is 2.51. The molecule has 0 aliphatic heterocycles. The zero-order valence-electron chi connectivity index (χ0n) is 15.9. The maximum Gasteiger partial charge on any atom is 0.252 e. The van der Waals surface area contributed by atoms with Gasteiger partial charge in [-0.15, -0.1) is 0 Å². The van der Waals surface area contributed by atoms with Crippen LogP contribution in [-0.2, 0) is 10.2 Å². The molecule has 29 heavy (non-hydrogen) atoms. The van der Waals surface area contributed by atoms with Crippen molar-refractivity contribution in [2.75, 3.05) is 0 Å². The number of nitrogens with one attached hydrogen (secondary N) is 2. The molecule has 1 aliphatic carbocycles. The Morgan fingerprint density at radius 3 is 2.83 bits per heavy atom. The Labute approximate surface area is 165 Å². The summed E-state index contributed by atoms with van der Waals surface area (Å²) in [5.74, 6) is -0.393. The molecule has 1 saturated carbocycles. The highest BCUT2D eigenvalue weighted by Crippen LogP contribution is 2.49. The molecule has 0 bridgehead atoms. The van der Waals surface area contributed by atoms with E-state index in [1.807, 2.05) is 6.07 Å². The molecule has 2 heterocycles. The molecule has 4 rings (SSSR count). The lowest BCUT2D eigenvalue weighted by Crippen LogP contribution is -2.40. The number of hydrogen-bond donors (Lipinski definition) is 2. The van der Waals surface area contributed by atoms with E-state index in [0.717, 1.165) is 0 Å². The molecule has 7 nitrogen and oxygen atoms in total. The van der Waals surface area contributed by atoms with E-state index in [2.05, 4.69) is 20.3 Å². The second kappa shape index (κ2) is 6.78. The molecular weight excluding hydrogens is 373 g/mol. The van der Waals surface area contributed by atoms with Crippen molar-refractivity contribution in [3.05, 3.63) is 69.3 Å². The largest absolute Gasteiger partial charge is 0.346 e. The van der Waals surface area contributed by atoms with Gasteiger partial charge >= 0.3 is 0 Å². The van der Waals surface area contributed by atoms with Gasteiger partial charge in [0.15, 0.2) is 5.82 Å². The summed E-state index contributed by atoms with van der Waals surface area (Å²) in [4.78, 5) is 36.9. The zero-order chi connectivity index (χ0) is 20.8. The normalized spacial score (nSPS) is 15.5. The number of halogens is 1. The van der Waals surface area contributed by atoms with Gasteiger partial charge in [0.1, 0.15) is 17.6 Å². The average Bonchev–Trinajstić information content (AvgIpc) is 3.50. The topological polar surface area (TPSA) is 112 Å². The summed E-state index contributed by atoms with van der Waals surface area (Å²) in [6, 6.07) is 7.05. The highest BCUT2D eigenvalue weighted by Gasteiger charge is 2.54. The lowest BCUT2D eigenvalue weighted by Gasteiger charge is -2.21. The van der Waals surface area contributed by atoms with Crippen LogP contribution in [0.4, 0.5) is 4.39 Å². The predicted octanol–water partition coefficient (Wildman–Crippen LogP) is 2.55. The van der Waals surface area contributed by atoms with Crippen LogP contribution in [0.2, 0.25) is 0 Å². The average molecular weight is 391 g/mol. The SMILES string of the molecule is Cc1c(C2(C(=O)N[C@@H](C)c3nccc(C#N)n3)CC2)c(=O)[nH]c2ccc(F)cc12. The lowest BCUT2D eigenvalue weighted by atomic mass is 9.90. The second-order valence-electron chi connectivity index (χ2n) is 7.33. The molecule has 0 saturated heterocycles. The van der Waals surface area contributed by atoms with Gasteiger partial charge < -0.3 is 10.3 Å². The molecular formula is C21H18FN5O2. The Hall–Kier alpha value is -3.60. The molecule has 0 unspecified atom stereocenters. The maximum atomic E-state index is 13.7. The van der Waals surface area contributed by atoms with Crippen molar-refractivity contribution in [3.63, 3.8) is 0 Å². The fourth-order valence-corrected chi connectivity index (χ4v) is 3.76. The quantitative estimate of drug-likeness (QED) is 0.710. The number of nitriles is 1. The van der Waals surface area contributed by atoms with E-state index in [0.29, 0.717) is 40.7 Å². The minimum Gasteiger partial charge on any atom is -0.346 e. The summed E-state index contributed by atoms with van der Waals surface area (Å²) in [6.45, 7) is 3.46. The van der Waals surface area contributed by atoms with E-state index in [1.165, 1.54) is 30.5 Å². The van der Waals surface area contributed by atoms with Crippen molar-refractivity contribution < 1.29 is 9.18 Å². The molecule has 0 spiro atoms. The standard InChI is InChI=1S/C21H18FN5O2/c1-11-15-9-13(22)3-4-16(15)27-19(28)17(11)21(6-7-21)20(29)25-12(2)18-24-8-5-14(10-23)26-18/h3-5,8-9,12H,6-7H2,1-2H3,(H,25,29)(H,27,28)/t12-/m0/s1. The number of carbonyl (C=O) groups is 1. The minimum absolute atomic E-state index is 0.209. The smallest absolute Gasteiger partial charge is 0.252 e. The van der Waals surface area contributed by atoms with Crippen molar-refractivity contribution >= 4 is 16.8 Å². The summed E-state index contributed by atoms with van der Waals surface area (Å²) < 4.78 is 13.7. The number of amides is 1. The first-order valence-electron chi connectivity index (χ1n) is 9.22. The Balaban J connectivity index is 1.69. The number of aromatic nitrogens is 3. The lowest BCUT2D eigenvalue weighted by molar-refractivity contribution is -0.124. The van der Waals surface area contributed by atoms with Gasteiger partial charge in [-0.2, -0.15) is 5.26 Å². The van der Waals surface area contributed by atoms with Crippen LogP contribution in [0.3, 0.4) is 0 Å². The summed E-state index contributed by atoms with van der Waals surface area (Å²) in [5.41, 5.74) is 0.409. The third-order valence-electron chi connectivity index (χ3n) is 5.42. The molecule has 3 aromatic rings. The number of benzene rings is 1. The van der Waals surface area contributed by atoms with Crippen molar-refractivity contribution in [1.82, 2.24) is 20.3 Å². The number of pyridine rings is 1. The fourth-order valence-electron chi connectivity index (χ4n) is 3.76. The number of H-pyrrole nitrogens is 1. The zero-order valence-corrected chi connectivity index (χ0v) is 15.9. The van der Waals surface area contributed by atoms with E-state index >= 15 is 0 Å². The van der Waals surface area contributed by atoms with Crippen LogP contribution in [-0.4, -0.2) is 20.9 Å². The van der Waals surface area contributed by atoms with Crippen LogP contribution < -0.4 is 10.9 Å². The first-order valence-corrected chi connectivity index (χ1v) is 9.22. The second-order valence-corrected chi connectivity index (χ2v) is 7.33. The van der Waals surface area contributed by atoms with Crippen LogP contribution in [0.25, 0.3) is 10.9 Å². The predicted molar refractivity (Wildman–Crippen MR) is 103 cm³/mol. The molecule has 1 aromatic carbocycles. The molecule has 1 fully saturated rings. The highest BCUT2D eigenvalue weighted by molar-refractivity contribution is 5.94. The fraction of sp³-hybridized carbons (Fsp3) is 0.286. The number of fused-ring (bicyclic) bond motifs is 1. The molecule has 146 valence electrons. The van der Waals surface area contributed by atoms with Gasteiger partial charge in [0.2, 0.25) is 5.91 Å². The van der Waals surface area contributed by atoms with E-state index in [1.54, 1.807) is 13.8 Å². The molecule has 2 N–H and O–H groups in total. The third kappa shape index (κ3) is 3.14. The van der Waals surface area contributed by atoms with Crippen molar-refractivity contribution in [1.29, 1.82) is 5.26 Å². The van der Waals surface area contributed by atoms with E-state index in [4.69, 9.17) is 5.26 Å². The van der Waals surface area contributed by atoms with Gasteiger partial charge in [0, 0.05) is 22.7 Å². The molecule has 0 radical (unpaired) electrons. The van der Waals surface area contributed by atoms with Crippen molar-refractivity contribution in [2.45, 2.75) is 38.1 Å². The monoisotopic (exact) mass is 391 g/mol. The van der Waals surface area contributed by atoms with Crippen LogP contribution in [0, 0.1) is 24.1 Å². The van der Waals surface area contributed by atoms with Crippen LogP contribution in [0.15, 0.2) is 35.3 Å². The van der Waals surface area contributed by atoms with Crippen molar-refractivity contribution in [2.24, 2.45) is 0 Å². The number of carbonyl (C=O) groups excluding carboxylic acids is 1. The van der Waals surface area contributed by atoms with Gasteiger partial charge in [0.05, 0.1) is 11.5 Å². The molecule has 8 heteroatoms. The minimum atomic E-state index is -0.959. The van der Waals surface area contributed by atoms with Gasteiger partial charge in [-0.05, 0) is 56.5 Å². The Morgan fingerprint density at radius 2 is 2.14 bits per heavy atom. The first kappa shape index (κ1) is 18.7. The Morgan fingerprint density at radius 1 is 1.38 bits per heavy atom.